The number of aromatic nitrogens is 1. The van der Waals surface area contributed by atoms with Gasteiger partial charge in [0.25, 0.3) is 0 Å². The molecule has 3 heteroatoms. The molecular weight excluding hydrogens is 386 g/mol. The molecule has 0 amide bonds. The molecule has 0 fully saturated rings. The van der Waals surface area contributed by atoms with E-state index in [-0.39, 0.29) is 23.6 Å². The quantitative estimate of drug-likeness (QED) is 0.335. The molecule has 1 aromatic heterocycles. The molecule has 0 aliphatic heterocycles. The van der Waals surface area contributed by atoms with Crippen LogP contribution < -0.4 is 21.5 Å². The van der Waals surface area contributed by atoms with Gasteiger partial charge in [-0.3, -0.25) is 0 Å². The Hall–Kier alpha value is -0.410. The van der Waals surface area contributed by atoms with Crippen molar-refractivity contribution in [3.05, 3.63) is 30.6 Å². The number of halogens is 1. The van der Waals surface area contributed by atoms with Crippen molar-refractivity contribution in [3.63, 3.8) is 0 Å². The second kappa shape index (κ2) is 24.6. The first kappa shape index (κ1) is 27.8. The van der Waals surface area contributed by atoms with E-state index in [2.05, 4.69) is 42.1 Å². The first-order chi connectivity index (χ1) is 12.3. The van der Waals surface area contributed by atoms with Crippen molar-refractivity contribution in [3.8, 4) is 0 Å². The van der Waals surface area contributed by atoms with E-state index in [9.17, 15) is 0 Å². The van der Waals surface area contributed by atoms with Crippen LogP contribution in [0.5, 0.6) is 0 Å². The third-order valence-electron chi connectivity index (χ3n) is 4.55. The summed E-state index contributed by atoms with van der Waals surface area (Å²) in [4.78, 5) is 0. The number of hydrogen-bond donors (Lipinski definition) is 1. The smallest absolute Gasteiger partial charge is 0.168 e. The summed E-state index contributed by atoms with van der Waals surface area (Å²) < 4.78 is 2.29. The Morgan fingerprint density at radius 2 is 0.923 bits per heavy atom. The highest BCUT2D eigenvalue weighted by Crippen LogP contribution is 2.12. The van der Waals surface area contributed by atoms with Crippen molar-refractivity contribution in [1.29, 1.82) is 0 Å². The minimum Gasteiger partial charge on any atom is -1.00 e. The van der Waals surface area contributed by atoms with Gasteiger partial charge in [-0.05, 0) is 13.3 Å². The van der Waals surface area contributed by atoms with Gasteiger partial charge in [0.15, 0.2) is 12.4 Å². The lowest BCUT2D eigenvalue weighted by Gasteiger charge is -2.02. The van der Waals surface area contributed by atoms with Crippen LogP contribution in [0.25, 0.3) is 0 Å². The van der Waals surface area contributed by atoms with E-state index in [0.29, 0.717) is 0 Å². The van der Waals surface area contributed by atoms with E-state index in [1.165, 1.54) is 96.4 Å². The highest BCUT2D eigenvalue weighted by atomic mass is 79.9. The summed E-state index contributed by atoms with van der Waals surface area (Å²) in [6, 6.07) is 6.31. The van der Waals surface area contributed by atoms with Crippen LogP contribution in [-0.2, 0) is 6.54 Å². The minimum atomic E-state index is 0. The number of unbranched alkanes of at least 4 members (excludes halogenated alkanes) is 13. The Morgan fingerprint density at radius 1 is 0.577 bits per heavy atom. The van der Waals surface area contributed by atoms with Gasteiger partial charge in [0.2, 0.25) is 0 Å². The first-order valence-electron chi connectivity index (χ1n) is 10.9. The van der Waals surface area contributed by atoms with Gasteiger partial charge in [0.1, 0.15) is 6.54 Å². The van der Waals surface area contributed by atoms with Gasteiger partial charge < -0.3 is 22.1 Å². The maximum absolute atomic E-state index is 7.57. The van der Waals surface area contributed by atoms with Gasteiger partial charge >= 0.3 is 0 Å². The predicted octanol–water partition coefficient (Wildman–Crippen LogP) is 3.46. The number of rotatable bonds is 15. The zero-order valence-corrected chi connectivity index (χ0v) is 19.1. The lowest BCUT2D eigenvalue weighted by Crippen LogP contribution is -3.00. The second-order valence-corrected chi connectivity index (χ2v) is 7.03. The molecule has 0 spiro atoms. The van der Waals surface area contributed by atoms with Crippen LogP contribution in [-0.4, -0.2) is 11.7 Å². The molecule has 1 aromatic rings. The molecule has 0 unspecified atom stereocenters. The molecule has 0 aliphatic rings. The summed E-state index contributed by atoms with van der Waals surface area (Å²) in [5, 5.41) is 7.57. The first-order valence-corrected chi connectivity index (χ1v) is 10.9. The number of nitrogens with zero attached hydrogens (tertiary/aromatic N) is 1. The zero-order valence-electron chi connectivity index (χ0n) is 17.5. The fourth-order valence-electron chi connectivity index (χ4n) is 3.07. The van der Waals surface area contributed by atoms with Gasteiger partial charge in [-0.1, -0.05) is 90.0 Å². The summed E-state index contributed by atoms with van der Waals surface area (Å²) in [5.74, 6) is 0. The molecule has 154 valence electrons. The molecule has 0 saturated heterocycles. The van der Waals surface area contributed by atoms with Gasteiger partial charge in [-0.15, -0.1) is 0 Å². The molecule has 0 saturated carbocycles. The normalized spacial score (nSPS) is 9.96. The molecule has 26 heavy (non-hydrogen) atoms. The minimum absolute atomic E-state index is 0. The van der Waals surface area contributed by atoms with E-state index in [1.54, 1.807) is 6.92 Å². The Balaban J connectivity index is 0. The van der Waals surface area contributed by atoms with Crippen LogP contribution in [0.2, 0.25) is 0 Å². The van der Waals surface area contributed by atoms with Crippen LogP contribution in [0.15, 0.2) is 30.6 Å². The lowest BCUT2D eigenvalue weighted by atomic mass is 10.0. The highest BCUT2D eigenvalue weighted by Gasteiger charge is 1.98. The maximum Gasteiger partial charge on any atom is 0.168 e. The predicted molar refractivity (Wildman–Crippen MR) is 110 cm³/mol. The Kier molecular flexibility index (Phi) is 26.3. The topological polar surface area (TPSA) is 24.1 Å². The van der Waals surface area contributed by atoms with E-state index in [4.69, 9.17) is 5.11 Å². The van der Waals surface area contributed by atoms with Crippen molar-refractivity contribution in [1.82, 2.24) is 0 Å². The highest BCUT2D eigenvalue weighted by molar-refractivity contribution is 4.83. The van der Waals surface area contributed by atoms with Crippen LogP contribution in [0, 0.1) is 0 Å². The standard InChI is InChI=1S/C21H38N.C2H6O.BrH/c1-2-3-4-5-6-7-8-9-10-11-12-13-14-16-19-22-20-17-15-18-21-22;1-2-3;/h15,17-18,20-21H,2-14,16,19H2,1H3;3H,2H2,1H3;1H/q+1;;/p-1. The van der Waals surface area contributed by atoms with Crippen LogP contribution in [0.3, 0.4) is 0 Å². The average Bonchev–Trinajstić information content (AvgIpc) is 2.63. The molecular formula is C23H44BrNO. The van der Waals surface area contributed by atoms with E-state index < -0.39 is 0 Å². The van der Waals surface area contributed by atoms with Crippen molar-refractivity contribution in [2.75, 3.05) is 6.61 Å². The van der Waals surface area contributed by atoms with E-state index in [0.717, 1.165) is 0 Å². The Morgan fingerprint density at radius 3 is 1.31 bits per heavy atom. The number of hydrogen-bond acceptors (Lipinski definition) is 1. The van der Waals surface area contributed by atoms with Crippen LogP contribution in [0.1, 0.15) is 104 Å². The van der Waals surface area contributed by atoms with Crippen LogP contribution in [0.4, 0.5) is 0 Å². The molecule has 2 nitrogen and oxygen atoms in total. The molecule has 0 aromatic carbocycles. The van der Waals surface area contributed by atoms with E-state index >= 15 is 0 Å². The Bertz CT molecular complexity index is 345. The van der Waals surface area contributed by atoms with E-state index in [1.807, 2.05) is 0 Å². The average molecular weight is 431 g/mol. The monoisotopic (exact) mass is 429 g/mol. The fourth-order valence-corrected chi connectivity index (χ4v) is 3.07. The molecule has 0 atom stereocenters. The molecule has 0 bridgehead atoms. The van der Waals surface area contributed by atoms with Crippen molar-refractivity contribution >= 4 is 0 Å². The van der Waals surface area contributed by atoms with Crippen molar-refractivity contribution < 1.29 is 26.7 Å². The van der Waals surface area contributed by atoms with Gasteiger partial charge in [-0.2, -0.15) is 0 Å². The molecule has 1 rings (SSSR count). The van der Waals surface area contributed by atoms with Gasteiger partial charge in [-0.25, -0.2) is 4.57 Å². The summed E-state index contributed by atoms with van der Waals surface area (Å²) in [7, 11) is 0. The number of aliphatic hydroxyl groups excluding tert-OH is 1. The molecule has 1 N–H and O–H groups in total. The fraction of sp³-hybridized carbons (Fsp3) is 0.783. The lowest BCUT2D eigenvalue weighted by molar-refractivity contribution is -0.697. The zero-order chi connectivity index (χ0) is 18.4. The number of pyridine rings is 1. The van der Waals surface area contributed by atoms with Gasteiger partial charge in [0, 0.05) is 25.2 Å². The molecule has 0 radical (unpaired) electrons. The summed E-state index contributed by atoms with van der Waals surface area (Å²) in [5.41, 5.74) is 0. The summed E-state index contributed by atoms with van der Waals surface area (Å²) in [6.45, 7) is 5.40. The van der Waals surface area contributed by atoms with Gasteiger partial charge in [0.05, 0.1) is 0 Å². The maximum atomic E-state index is 7.57. The summed E-state index contributed by atoms with van der Waals surface area (Å²) >= 11 is 0. The number of aliphatic hydroxyl groups is 1. The SMILES string of the molecule is CCCCCCCCCCCCCCCC[n+]1ccccc1.CCO.[Br-]. The number of aryl methyl sites for hydroxylation is 1. The molecule has 1 heterocycles. The second-order valence-electron chi connectivity index (χ2n) is 7.03. The van der Waals surface area contributed by atoms with Crippen LogP contribution >= 0.6 is 0 Å². The summed E-state index contributed by atoms with van der Waals surface area (Å²) in [6.07, 6.45) is 24.4. The third kappa shape index (κ3) is 21.6. The third-order valence-corrected chi connectivity index (χ3v) is 4.55. The van der Waals surface area contributed by atoms with Crippen molar-refractivity contribution in [2.45, 2.75) is 110 Å². The molecule has 0 aliphatic carbocycles. The largest absolute Gasteiger partial charge is 1.00 e. The Labute approximate surface area is 174 Å². The van der Waals surface area contributed by atoms with Crippen molar-refractivity contribution in [2.24, 2.45) is 0 Å².